The van der Waals surface area contributed by atoms with Crippen LogP contribution in [0.5, 0.6) is 17.2 Å². The molecule has 0 radical (unpaired) electrons. The van der Waals surface area contributed by atoms with Gasteiger partial charge in [0.25, 0.3) is 5.78 Å². The van der Waals surface area contributed by atoms with Crippen LogP contribution in [0.1, 0.15) is 10.4 Å². The lowest BCUT2D eigenvalue weighted by atomic mass is 10.1. The summed E-state index contributed by atoms with van der Waals surface area (Å²) in [6.45, 7) is 0. The van der Waals surface area contributed by atoms with Gasteiger partial charge in [-0.15, -0.1) is 0 Å². The first-order valence-corrected chi connectivity index (χ1v) is 5.80. The zero-order valence-corrected chi connectivity index (χ0v) is 10.7. The predicted octanol–water partition coefficient (Wildman–Crippen LogP) is 2.75. The van der Waals surface area contributed by atoms with Crippen molar-refractivity contribution >= 4 is 11.8 Å². The van der Waals surface area contributed by atoms with E-state index >= 15 is 0 Å². The van der Waals surface area contributed by atoms with E-state index in [9.17, 15) is 9.59 Å². The molecule has 0 spiro atoms. The number of carbonyl (C=O) groups excluding carboxylic acids is 1. The van der Waals surface area contributed by atoms with E-state index in [1.807, 2.05) is 0 Å². The number of carbonyl (C=O) groups is 2. The molecule has 0 aliphatic heterocycles. The van der Waals surface area contributed by atoms with E-state index in [4.69, 9.17) is 14.6 Å². The van der Waals surface area contributed by atoms with Crippen LogP contribution in [0.3, 0.4) is 0 Å². The molecular weight excluding hydrogens is 260 g/mol. The Balaban J connectivity index is 2.10. The van der Waals surface area contributed by atoms with Crippen LogP contribution >= 0.6 is 0 Å². The van der Waals surface area contributed by atoms with E-state index in [0.717, 1.165) is 5.75 Å². The largest absolute Gasteiger partial charge is 0.497 e. The normalized spacial score (nSPS) is 9.85. The smallest absolute Gasteiger partial charge is 0.377 e. The first-order chi connectivity index (χ1) is 9.60. The number of carboxylic acids is 1. The number of carboxylic acid groups (broad SMARTS) is 1. The van der Waals surface area contributed by atoms with Crippen LogP contribution in [0, 0.1) is 0 Å². The molecule has 0 amide bonds. The maximum absolute atomic E-state index is 11.2. The van der Waals surface area contributed by atoms with Crippen LogP contribution < -0.4 is 9.47 Å². The second-order valence-corrected chi connectivity index (χ2v) is 3.94. The first kappa shape index (κ1) is 13.6. The second-order valence-electron chi connectivity index (χ2n) is 3.94. The molecule has 1 N–H and O–H groups in total. The summed E-state index contributed by atoms with van der Waals surface area (Å²) in [4.78, 5) is 21.8. The standard InChI is InChI=1S/C15H12O5/c1-19-11-6-8-13(9-7-11)20-12-4-2-10(3-5-12)14(16)15(17)18/h2-9H,1H3,(H,17,18). The van der Waals surface area contributed by atoms with Gasteiger partial charge in [-0.05, 0) is 48.5 Å². The van der Waals surface area contributed by atoms with Gasteiger partial charge in [-0.3, -0.25) is 4.79 Å². The Morgan fingerprint density at radius 3 is 1.75 bits per heavy atom. The monoisotopic (exact) mass is 272 g/mol. The molecule has 2 aromatic rings. The topological polar surface area (TPSA) is 72.8 Å². The maximum Gasteiger partial charge on any atom is 0.377 e. The van der Waals surface area contributed by atoms with Crippen molar-refractivity contribution in [3.63, 3.8) is 0 Å². The molecule has 102 valence electrons. The molecule has 0 saturated carbocycles. The third-order valence-corrected chi connectivity index (χ3v) is 2.61. The Morgan fingerprint density at radius 2 is 1.30 bits per heavy atom. The Hall–Kier alpha value is -2.82. The van der Waals surface area contributed by atoms with Crippen LogP contribution in [-0.4, -0.2) is 24.0 Å². The first-order valence-electron chi connectivity index (χ1n) is 5.80. The fourth-order valence-electron chi connectivity index (χ4n) is 1.58. The Kier molecular flexibility index (Phi) is 4.00. The van der Waals surface area contributed by atoms with Crippen LogP contribution in [0.4, 0.5) is 0 Å². The van der Waals surface area contributed by atoms with Gasteiger partial charge in [0.15, 0.2) is 0 Å². The van der Waals surface area contributed by atoms with Crippen LogP contribution in [0.25, 0.3) is 0 Å². The van der Waals surface area contributed by atoms with Gasteiger partial charge in [0.1, 0.15) is 17.2 Å². The number of methoxy groups -OCH3 is 1. The van der Waals surface area contributed by atoms with Gasteiger partial charge in [0, 0.05) is 5.56 Å². The highest BCUT2D eigenvalue weighted by Gasteiger charge is 2.13. The molecule has 2 aromatic carbocycles. The van der Waals surface area contributed by atoms with Crippen molar-refractivity contribution in [1.29, 1.82) is 0 Å². The van der Waals surface area contributed by atoms with E-state index in [2.05, 4.69) is 0 Å². The average Bonchev–Trinajstić information content (AvgIpc) is 2.48. The van der Waals surface area contributed by atoms with E-state index in [0.29, 0.717) is 11.5 Å². The molecule has 0 atom stereocenters. The molecule has 2 rings (SSSR count). The zero-order valence-electron chi connectivity index (χ0n) is 10.7. The summed E-state index contributed by atoms with van der Waals surface area (Å²) >= 11 is 0. The van der Waals surface area contributed by atoms with Gasteiger partial charge in [-0.1, -0.05) is 0 Å². The number of ether oxygens (including phenoxy) is 2. The van der Waals surface area contributed by atoms with Gasteiger partial charge in [-0.25, -0.2) is 4.79 Å². The van der Waals surface area contributed by atoms with Gasteiger partial charge in [0.2, 0.25) is 0 Å². The predicted molar refractivity (Wildman–Crippen MR) is 71.5 cm³/mol. The van der Waals surface area contributed by atoms with Crippen LogP contribution in [0.2, 0.25) is 0 Å². The Labute approximate surface area is 115 Å². The molecule has 0 aromatic heterocycles. The van der Waals surface area contributed by atoms with E-state index in [1.54, 1.807) is 43.5 Å². The van der Waals surface area contributed by atoms with Gasteiger partial charge in [-0.2, -0.15) is 0 Å². The summed E-state index contributed by atoms with van der Waals surface area (Å²) in [6.07, 6.45) is 0. The summed E-state index contributed by atoms with van der Waals surface area (Å²) in [7, 11) is 1.58. The molecule has 0 fully saturated rings. The number of ketones is 1. The van der Waals surface area contributed by atoms with Crippen molar-refractivity contribution in [3.8, 4) is 17.2 Å². The summed E-state index contributed by atoms with van der Waals surface area (Å²) < 4.78 is 10.6. The molecule has 5 nitrogen and oxygen atoms in total. The molecule has 0 aliphatic carbocycles. The van der Waals surface area contributed by atoms with Crippen LogP contribution in [0.15, 0.2) is 48.5 Å². The van der Waals surface area contributed by atoms with Crippen molar-refractivity contribution in [3.05, 3.63) is 54.1 Å². The minimum atomic E-state index is -1.48. The minimum Gasteiger partial charge on any atom is -0.497 e. The highest BCUT2D eigenvalue weighted by molar-refractivity contribution is 6.39. The van der Waals surface area contributed by atoms with Crippen LogP contribution in [-0.2, 0) is 4.79 Å². The fourth-order valence-corrected chi connectivity index (χ4v) is 1.58. The molecule has 0 heterocycles. The summed E-state index contributed by atoms with van der Waals surface area (Å²) in [5.41, 5.74) is 0.111. The van der Waals surface area contributed by atoms with E-state index < -0.39 is 11.8 Å². The van der Waals surface area contributed by atoms with Crippen molar-refractivity contribution in [1.82, 2.24) is 0 Å². The molecule has 20 heavy (non-hydrogen) atoms. The summed E-state index contributed by atoms with van der Waals surface area (Å²) in [5, 5.41) is 8.60. The molecule has 0 unspecified atom stereocenters. The van der Waals surface area contributed by atoms with Crippen molar-refractivity contribution < 1.29 is 24.2 Å². The second kappa shape index (κ2) is 5.88. The zero-order chi connectivity index (χ0) is 14.5. The third-order valence-electron chi connectivity index (χ3n) is 2.61. The Bertz CT molecular complexity index is 614. The van der Waals surface area contributed by atoms with Crippen molar-refractivity contribution in [2.75, 3.05) is 7.11 Å². The van der Waals surface area contributed by atoms with E-state index in [1.165, 1.54) is 12.1 Å². The number of aliphatic carboxylic acids is 1. The molecule has 0 saturated heterocycles. The Morgan fingerprint density at radius 1 is 0.850 bits per heavy atom. The number of rotatable bonds is 5. The molecule has 0 aliphatic rings. The average molecular weight is 272 g/mol. The quantitative estimate of drug-likeness (QED) is 0.669. The van der Waals surface area contributed by atoms with E-state index in [-0.39, 0.29) is 5.56 Å². The fraction of sp³-hybridized carbons (Fsp3) is 0.0667. The lowest BCUT2D eigenvalue weighted by molar-refractivity contribution is -0.131. The van der Waals surface area contributed by atoms with Crippen molar-refractivity contribution in [2.45, 2.75) is 0 Å². The number of Topliss-reactive ketones (excluding diaryl/α,β-unsaturated/α-hetero) is 1. The highest BCUT2D eigenvalue weighted by Crippen LogP contribution is 2.24. The molecule has 0 bridgehead atoms. The number of benzene rings is 2. The van der Waals surface area contributed by atoms with Gasteiger partial charge in [0.05, 0.1) is 7.11 Å². The SMILES string of the molecule is COc1ccc(Oc2ccc(C(=O)C(=O)O)cc2)cc1. The number of hydrogen-bond donors (Lipinski definition) is 1. The lowest BCUT2D eigenvalue weighted by Crippen LogP contribution is -2.12. The van der Waals surface area contributed by atoms with Gasteiger partial charge < -0.3 is 14.6 Å². The number of hydrogen-bond acceptors (Lipinski definition) is 4. The highest BCUT2D eigenvalue weighted by atomic mass is 16.5. The summed E-state index contributed by atoms with van der Waals surface area (Å²) in [6, 6.07) is 12.9. The molecule has 5 heteroatoms. The van der Waals surface area contributed by atoms with Crippen molar-refractivity contribution in [2.24, 2.45) is 0 Å². The third kappa shape index (κ3) is 3.14. The minimum absolute atomic E-state index is 0.111. The molecular formula is C15H12O5. The maximum atomic E-state index is 11.2. The summed E-state index contributed by atoms with van der Waals surface area (Å²) in [5.74, 6) is -0.574. The lowest BCUT2D eigenvalue weighted by Gasteiger charge is -2.07. The van der Waals surface area contributed by atoms with Gasteiger partial charge >= 0.3 is 5.97 Å².